The standard InChI is InChI=1S/C28H52N4O.C9H18.C3H8.C2H6/c1-9-10-19-26(27(33)28(5,6)7)32-25(4)22-31-24(3)18-14-12-16-21-30-23(2)17-13-11-15-20-29-8;1-5-6-7-8-9(2,3)4;1-3-2;1-2/h9,26,29-32H,1-4,10-22H2,5-8H3;5H,1,6-8H2,2-4H3;3H2,1-2H3;1-2H3. The van der Waals surface area contributed by atoms with Crippen LogP contribution in [0.1, 0.15) is 159 Å². The van der Waals surface area contributed by atoms with Gasteiger partial charge in [-0.1, -0.05) is 120 Å². The molecule has 0 rings (SSSR count). The lowest BCUT2D eigenvalue weighted by Gasteiger charge is -2.27. The second kappa shape index (κ2) is 35.0. The molecule has 1 unspecified atom stereocenters. The van der Waals surface area contributed by atoms with Crippen LogP contribution in [0.5, 0.6) is 0 Å². The van der Waals surface area contributed by atoms with E-state index in [1.165, 1.54) is 38.5 Å². The zero-order valence-electron chi connectivity index (χ0n) is 33.7. The lowest BCUT2D eigenvalue weighted by Crippen LogP contribution is -2.43. The number of rotatable bonds is 25. The van der Waals surface area contributed by atoms with Gasteiger partial charge in [-0.05, 0) is 89.6 Å². The quantitative estimate of drug-likeness (QED) is 0.0580. The summed E-state index contributed by atoms with van der Waals surface area (Å²) in [4.78, 5) is 12.7. The van der Waals surface area contributed by atoms with E-state index in [2.05, 4.69) is 88.8 Å². The second-order valence-electron chi connectivity index (χ2n) is 14.4. The van der Waals surface area contributed by atoms with Crippen LogP contribution in [0.4, 0.5) is 0 Å². The molecule has 0 spiro atoms. The number of allylic oxidation sites excluding steroid dienone is 4. The summed E-state index contributed by atoms with van der Waals surface area (Å²) in [6.45, 7) is 43.4. The van der Waals surface area contributed by atoms with Gasteiger partial charge in [0.25, 0.3) is 0 Å². The van der Waals surface area contributed by atoms with Crippen LogP contribution >= 0.6 is 0 Å². The van der Waals surface area contributed by atoms with Gasteiger partial charge < -0.3 is 21.3 Å². The molecule has 0 amide bonds. The van der Waals surface area contributed by atoms with Crippen molar-refractivity contribution in [2.75, 3.05) is 26.7 Å². The lowest BCUT2D eigenvalue weighted by molar-refractivity contribution is -0.128. The summed E-state index contributed by atoms with van der Waals surface area (Å²) in [7, 11) is 2.00. The fraction of sp³-hybridized carbons (Fsp3) is 0.738. The zero-order valence-corrected chi connectivity index (χ0v) is 33.7. The molecule has 0 heterocycles. The smallest absolute Gasteiger partial charge is 0.160 e. The predicted molar refractivity (Wildman–Crippen MR) is 216 cm³/mol. The number of nitrogens with one attached hydrogen (secondary N) is 4. The fourth-order valence-corrected chi connectivity index (χ4v) is 4.28. The normalized spacial score (nSPS) is 11.1. The van der Waals surface area contributed by atoms with Crippen LogP contribution in [0.3, 0.4) is 0 Å². The van der Waals surface area contributed by atoms with Crippen molar-refractivity contribution in [1.82, 2.24) is 21.3 Å². The zero-order chi connectivity index (χ0) is 37.2. The molecule has 0 aromatic carbocycles. The Labute approximate surface area is 296 Å². The van der Waals surface area contributed by atoms with Gasteiger partial charge in [0.15, 0.2) is 5.78 Å². The minimum absolute atomic E-state index is 0.203. The molecule has 0 aliphatic carbocycles. The van der Waals surface area contributed by atoms with Crippen LogP contribution in [-0.2, 0) is 4.79 Å². The Balaban J connectivity index is -0.000000551. The monoisotopic (exact) mass is 661 g/mol. The fourth-order valence-electron chi connectivity index (χ4n) is 4.28. The first kappa shape index (κ1) is 51.6. The van der Waals surface area contributed by atoms with Crippen molar-refractivity contribution in [2.45, 2.75) is 165 Å². The van der Waals surface area contributed by atoms with E-state index >= 15 is 0 Å². The van der Waals surface area contributed by atoms with Gasteiger partial charge in [-0.25, -0.2) is 0 Å². The van der Waals surface area contributed by atoms with E-state index in [1.807, 2.05) is 53.8 Å². The Bertz CT molecular complexity index is 785. The van der Waals surface area contributed by atoms with Crippen LogP contribution in [0.25, 0.3) is 0 Å². The maximum Gasteiger partial charge on any atom is 0.160 e. The summed E-state index contributed by atoms with van der Waals surface area (Å²) in [5.41, 5.74) is 3.11. The average molecular weight is 661 g/mol. The van der Waals surface area contributed by atoms with E-state index in [9.17, 15) is 4.79 Å². The van der Waals surface area contributed by atoms with Crippen LogP contribution in [-0.4, -0.2) is 38.5 Å². The molecular weight excluding hydrogens is 576 g/mol. The van der Waals surface area contributed by atoms with Gasteiger partial charge in [-0.2, -0.15) is 0 Å². The summed E-state index contributed by atoms with van der Waals surface area (Å²) in [6, 6.07) is -0.235. The summed E-state index contributed by atoms with van der Waals surface area (Å²) in [5, 5.41) is 13.3. The Morgan fingerprint density at radius 2 is 1.19 bits per heavy atom. The number of Topliss-reactive ketones (excluding diaryl/α,β-unsaturated/α-hetero) is 1. The number of hydrogen-bond acceptors (Lipinski definition) is 5. The van der Waals surface area contributed by atoms with Gasteiger partial charge in [0.1, 0.15) is 0 Å². The van der Waals surface area contributed by atoms with Crippen molar-refractivity contribution in [2.24, 2.45) is 10.8 Å². The molecule has 0 bridgehead atoms. The molecule has 0 saturated carbocycles. The van der Waals surface area contributed by atoms with Crippen molar-refractivity contribution in [1.29, 1.82) is 0 Å². The first-order valence-corrected chi connectivity index (χ1v) is 18.8. The van der Waals surface area contributed by atoms with Crippen molar-refractivity contribution >= 4 is 5.78 Å². The van der Waals surface area contributed by atoms with Crippen molar-refractivity contribution < 1.29 is 4.79 Å². The van der Waals surface area contributed by atoms with Crippen LogP contribution in [0.15, 0.2) is 62.1 Å². The number of carbonyl (C=O) groups is 1. The number of unbranched alkanes of at least 4 members (excludes halogenated alkanes) is 5. The van der Waals surface area contributed by atoms with Gasteiger partial charge in [-0.15, -0.1) is 13.2 Å². The van der Waals surface area contributed by atoms with Gasteiger partial charge in [0.05, 0.1) is 12.6 Å². The highest BCUT2D eigenvalue weighted by Crippen LogP contribution is 2.21. The second-order valence-corrected chi connectivity index (χ2v) is 14.4. The van der Waals surface area contributed by atoms with Crippen molar-refractivity contribution in [3.8, 4) is 0 Å². The Morgan fingerprint density at radius 1 is 0.702 bits per heavy atom. The highest BCUT2D eigenvalue weighted by atomic mass is 16.1. The maximum atomic E-state index is 12.7. The largest absolute Gasteiger partial charge is 0.389 e. The highest BCUT2D eigenvalue weighted by molar-refractivity contribution is 5.88. The third-order valence-corrected chi connectivity index (χ3v) is 6.92. The molecule has 0 aromatic rings. The van der Waals surface area contributed by atoms with Gasteiger partial charge in [-0.3, -0.25) is 4.79 Å². The summed E-state index contributed by atoms with van der Waals surface area (Å²) < 4.78 is 0. The van der Waals surface area contributed by atoms with Gasteiger partial charge in [0, 0.05) is 29.1 Å². The molecule has 0 saturated heterocycles. The number of hydrogen-bond donors (Lipinski definition) is 4. The first-order valence-electron chi connectivity index (χ1n) is 18.8. The summed E-state index contributed by atoms with van der Waals surface area (Å²) in [6.07, 6.45) is 19.5. The molecule has 0 aromatic heterocycles. The molecule has 278 valence electrons. The first-order chi connectivity index (χ1) is 22.1. The molecule has 4 N–H and O–H groups in total. The Hall–Kier alpha value is -2.27. The highest BCUT2D eigenvalue weighted by Gasteiger charge is 2.29. The van der Waals surface area contributed by atoms with Crippen molar-refractivity contribution in [3.05, 3.63) is 62.1 Å². The number of carbonyl (C=O) groups excluding carboxylic acids is 1. The topological polar surface area (TPSA) is 65.2 Å². The molecule has 0 radical (unpaired) electrons. The van der Waals surface area contributed by atoms with E-state index in [4.69, 9.17) is 0 Å². The van der Waals surface area contributed by atoms with E-state index in [-0.39, 0.29) is 17.2 Å². The molecule has 0 aliphatic rings. The maximum absolute atomic E-state index is 12.7. The van der Waals surface area contributed by atoms with Gasteiger partial charge >= 0.3 is 0 Å². The SMILES string of the molecule is C=CCCC(NC(=C)CNC(=C)CCCCCNC(=C)CCCCCNC)C(=O)C(C)(C)C.C=CCCCC(C)(C)C.CC.CCC. The van der Waals surface area contributed by atoms with Crippen LogP contribution < -0.4 is 21.3 Å². The average Bonchev–Trinajstić information content (AvgIpc) is 3.00. The molecule has 0 aliphatic heterocycles. The third kappa shape index (κ3) is 41.7. The summed E-state index contributed by atoms with van der Waals surface area (Å²) in [5.74, 6) is 0.203. The summed E-state index contributed by atoms with van der Waals surface area (Å²) >= 11 is 0. The minimum Gasteiger partial charge on any atom is -0.389 e. The van der Waals surface area contributed by atoms with E-state index < -0.39 is 0 Å². The molecule has 1 atom stereocenters. The van der Waals surface area contributed by atoms with Crippen LogP contribution in [0, 0.1) is 10.8 Å². The molecule has 5 heteroatoms. The van der Waals surface area contributed by atoms with Crippen molar-refractivity contribution in [3.63, 3.8) is 0 Å². The third-order valence-electron chi connectivity index (χ3n) is 6.92. The molecule has 5 nitrogen and oxygen atoms in total. The number of ketones is 1. The Morgan fingerprint density at radius 3 is 1.64 bits per heavy atom. The van der Waals surface area contributed by atoms with Gasteiger partial charge in [0.2, 0.25) is 0 Å². The van der Waals surface area contributed by atoms with E-state index in [0.29, 0.717) is 12.0 Å². The Kier molecular flexibility index (Phi) is 38.4. The molecule has 0 fully saturated rings. The lowest BCUT2D eigenvalue weighted by atomic mass is 9.85. The van der Waals surface area contributed by atoms with E-state index in [0.717, 1.165) is 81.5 Å². The van der Waals surface area contributed by atoms with Crippen LogP contribution in [0.2, 0.25) is 0 Å². The molecular formula is C42H84N4O. The van der Waals surface area contributed by atoms with E-state index in [1.54, 1.807) is 0 Å². The molecule has 47 heavy (non-hydrogen) atoms. The predicted octanol–water partition coefficient (Wildman–Crippen LogP) is 11.4. The minimum atomic E-state index is -0.385.